The van der Waals surface area contributed by atoms with Gasteiger partial charge >= 0.3 is 0 Å². The van der Waals surface area contributed by atoms with Crippen molar-refractivity contribution in [3.8, 4) is 5.75 Å². The molecule has 1 heterocycles. The Labute approximate surface area is 94.5 Å². The van der Waals surface area contributed by atoms with Gasteiger partial charge in [0.15, 0.2) is 0 Å². The molecule has 2 N–H and O–H groups in total. The molecule has 16 heavy (non-hydrogen) atoms. The van der Waals surface area contributed by atoms with Crippen LogP contribution >= 0.6 is 0 Å². The predicted molar refractivity (Wildman–Crippen MR) is 63.4 cm³/mol. The van der Waals surface area contributed by atoms with E-state index in [0.717, 1.165) is 17.1 Å². The van der Waals surface area contributed by atoms with Crippen molar-refractivity contribution in [2.45, 2.75) is 13.5 Å². The summed E-state index contributed by atoms with van der Waals surface area (Å²) in [5.74, 6) is 1.16. The molecular formula is C12H15N3O. The minimum atomic E-state index is 0.289. The maximum atomic E-state index is 9.15. The number of anilines is 1. The Kier molecular flexibility index (Phi) is 2.81. The summed E-state index contributed by atoms with van der Waals surface area (Å²) in [6.45, 7) is 2.72. The molecule has 4 heteroatoms. The van der Waals surface area contributed by atoms with Crippen molar-refractivity contribution in [3.05, 3.63) is 41.6 Å². The number of aromatic nitrogens is 2. The van der Waals surface area contributed by atoms with Gasteiger partial charge in [-0.05, 0) is 24.6 Å². The van der Waals surface area contributed by atoms with E-state index in [4.69, 9.17) is 5.11 Å². The second-order valence-electron chi connectivity index (χ2n) is 3.81. The van der Waals surface area contributed by atoms with Crippen LogP contribution in [0.5, 0.6) is 5.75 Å². The average molecular weight is 217 g/mol. The SMILES string of the molecule is Cc1cc(NCc2ccc(O)cc2)nn1C. The van der Waals surface area contributed by atoms with Crippen molar-refractivity contribution in [1.29, 1.82) is 0 Å². The standard InChI is InChI=1S/C12H15N3O/c1-9-7-12(14-15(9)2)13-8-10-3-5-11(16)6-4-10/h3-7,16H,8H2,1-2H3,(H,13,14). The summed E-state index contributed by atoms with van der Waals surface area (Å²) in [4.78, 5) is 0. The minimum Gasteiger partial charge on any atom is -0.508 e. The first kappa shape index (κ1) is 10.5. The molecule has 4 nitrogen and oxygen atoms in total. The lowest BCUT2D eigenvalue weighted by Gasteiger charge is -2.02. The van der Waals surface area contributed by atoms with Crippen LogP contribution in [0, 0.1) is 6.92 Å². The fourth-order valence-corrected chi connectivity index (χ4v) is 1.45. The highest BCUT2D eigenvalue weighted by Gasteiger charge is 2.00. The maximum Gasteiger partial charge on any atom is 0.148 e. The molecule has 2 aromatic rings. The van der Waals surface area contributed by atoms with Gasteiger partial charge in [0.05, 0.1) is 0 Å². The van der Waals surface area contributed by atoms with Crippen LogP contribution in [0.2, 0.25) is 0 Å². The zero-order valence-corrected chi connectivity index (χ0v) is 9.44. The summed E-state index contributed by atoms with van der Waals surface area (Å²) in [5, 5.41) is 16.7. The number of hydrogen-bond acceptors (Lipinski definition) is 3. The highest BCUT2D eigenvalue weighted by molar-refractivity contribution is 5.37. The van der Waals surface area contributed by atoms with Crippen LogP contribution in [0.25, 0.3) is 0 Å². The van der Waals surface area contributed by atoms with E-state index in [2.05, 4.69) is 10.4 Å². The summed E-state index contributed by atoms with van der Waals surface area (Å²) in [6.07, 6.45) is 0. The number of nitrogens with zero attached hydrogens (tertiary/aromatic N) is 2. The third kappa shape index (κ3) is 2.34. The summed E-state index contributed by atoms with van der Waals surface area (Å²) in [6, 6.07) is 9.14. The van der Waals surface area contributed by atoms with Gasteiger partial charge in [0, 0.05) is 25.4 Å². The Hall–Kier alpha value is -1.97. The van der Waals surface area contributed by atoms with Crippen LogP contribution in [-0.2, 0) is 13.6 Å². The molecule has 0 aliphatic carbocycles. The molecule has 0 bridgehead atoms. The zero-order valence-electron chi connectivity index (χ0n) is 9.44. The third-order valence-electron chi connectivity index (χ3n) is 2.52. The van der Waals surface area contributed by atoms with Gasteiger partial charge in [-0.15, -0.1) is 0 Å². The van der Waals surface area contributed by atoms with E-state index in [1.807, 2.05) is 36.9 Å². The van der Waals surface area contributed by atoms with Gasteiger partial charge in [-0.3, -0.25) is 4.68 Å². The van der Waals surface area contributed by atoms with Crippen LogP contribution in [-0.4, -0.2) is 14.9 Å². The van der Waals surface area contributed by atoms with E-state index in [-0.39, 0.29) is 5.75 Å². The van der Waals surface area contributed by atoms with Gasteiger partial charge in [0.1, 0.15) is 11.6 Å². The van der Waals surface area contributed by atoms with Gasteiger partial charge in [-0.1, -0.05) is 12.1 Å². The Morgan fingerprint density at radius 2 is 2.00 bits per heavy atom. The number of phenols is 1. The van der Waals surface area contributed by atoms with E-state index in [1.54, 1.807) is 12.1 Å². The van der Waals surface area contributed by atoms with E-state index in [9.17, 15) is 0 Å². The Bertz CT molecular complexity index is 454. The summed E-state index contributed by atoms with van der Waals surface area (Å²) >= 11 is 0. The molecule has 1 aromatic carbocycles. The van der Waals surface area contributed by atoms with Crippen molar-refractivity contribution in [1.82, 2.24) is 9.78 Å². The number of nitrogens with one attached hydrogen (secondary N) is 1. The Balaban J connectivity index is 1.99. The van der Waals surface area contributed by atoms with Gasteiger partial charge < -0.3 is 10.4 Å². The van der Waals surface area contributed by atoms with E-state index < -0.39 is 0 Å². The van der Waals surface area contributed by atoms with Crippen LogP contribution in [0.4, 0.5) is 5.82 Å². The molecule has 1 aromatic heterocycles. The fraction of sp³-hybridized carbons (Fsp3) is 0.250. The molecule has 0 saturated heterocycles. The molecule has 0 atom stereocenters. The number of aromatic hydroxyl groups is 1. The fourth-order valence-electron chi connectivity index (χ4n) is 1.45. The second-order valence-corrected chi connectivity index (χ2v) is 3.81. The van der Waals surface area contributed by atoms with Crippen LogP contribution < -0.4 is 5.32 Å². The van der Waals surface area contributed by atoms with Crippen LogP contribution in [0.15, 0.2) is 30.3 Å². The Morgan fingerprint density at radius 1 is 1.31 bits per heavy atom. The third-order valence-corrected chi connectivity index (χ3v) is 2.52. The first-order valence-corrected chi connectivity index (χ1v) is 5.17. The first-order chi connectivity index (χ1) is 7.65. The maximum absolute atomic E-state index is 9.15. The topological polar surface area (TPSA) is 50.1 Å². The lowest BCUT2D eigenvalue weighted by atomic mass is 10.2. The molecule has 0 aliphatic rings. The van der Waals surface area contributed by atoms with E-state index in [0.29, 0.717) is 6.54 Å². The molecule has 2 rings (SSSR count). The van der Waals surface area contributed by atoms with Gasteiger partial charge in [-0.2, -0.15) is 5.10 Å². The van der Waals surface area contributed by atoms with E-state index >= 15 is 0 Å². The molecule has 0 spiro atoms. The smallest absolute Gasteiger partial charge is 0.148 e. The molecule has 84 valence electrons. The van der Waals surface area contributed by atoms with Crippen molar-refractivity contribution in [3.63, 3.8) is 0 Å². The quantitative estimate of drug-likeness (QED) is 0.827. The minimum absolute atomic E-state index is 0.289. The number of benzene rings is 1. The highest BCUT2D eigenvalue weighted by Crippen LogP contribution is 2.12. The lowest BCUT2D eigenvalue weighted by molar-refractivity contribution is 0.475. The molecule has 0 unspecified atom stereocenters. The monoisotopic (exact) mass is 217 g/mol. The zero-order chi connectivity index (χ0) is 11.5. The lowest BCUT2D eigenvalue weighted by Crippen LogP contribution is -2.00. The molecule has 0 fully saturated rings. The molecule has 0 saturated carbocycles. The summed E-state index contributed by atoms with van der Waals surface area (Å²) in [7, 11) is 1.92. The predicted octanol–water partition coefficient (Wildman–Crippen LogP) is 2.05. The highest BCUT2D eigenvalue weighted by atomic mass is 16.3. The van der Waals surface area contributed by atoms with Crippen molar-refractivity contribution in [2.75, 3.05) is 5.32 Å². The normalized spacial score (nSPS) is 10.4. The van der Waals surface area contributed by atoms with Crippen molar-refractivity contribution in [2.24, 2.45) is 7.05 Å². The number of phenolic OH excluding ortho intramolecular Hbond substituents is 1. The van der Waals surface area contributed by atoms with Gasteiger partial charge in [0.2, 0.25) is 0 Å². The molecule has 0 aliphatic heterocycles. The van der Waals surface area contributed by atoms with Crippen molar-refractivity contribution < 1.29 is 5.11 Å². The number of hydrogen-bond donors (Lipinski definition) is 2. The van der Waals surface area contributed by atoms with Crippen molar-refractivity contribution >= 4 is 5.82 Å². The largest absolute Gasteiger partial charge is 0.508 e. The summed E-state index contributed by atoms with van der Waals surface area (Å²) in [5.41, 5.74) is 2.23. The molecule has 0 radical (unpaired) electrons. The molecule has 0 amide bonds. The average Bonchev–Trinajstić information content (AvgIpc) is 2.58. The molecular weight excluding hydrogens is 202 g/mol. The van der Waals surface area contributed by atoms with Crippen LogP contribution in [0.3, 0.4) is 0 Å². The second kappa shape index (κ2) is 4.26. The first-order valence-electron chi connectivity index (χ1n) is 5.17. The number of rotatable bonds is 3. The Morgan fingerprint density at radius 3 is 2.56 bits per heavy atom. The van der Waals surface area contributed by atoms with Gasteiger partial charge in [-0.25, -0.2) is 0 Å². The van der Waals surface area contributed by atoms with Gasteiger partial charge in [0.25, 0.3) is 0 Å². The van der Waals surface area contributed by atoms with E-state index in [1.165, 1.54) is 0 Å². The number of aryl methyl sites for hydroxylation is 2. The summed E-state index contributed by atoms with van der Waals surface area (Å²) < 4.78 is 1.83. The van der Waals surface area contributed by atoms with Crippen LogP contribution in [0.1, 0.15) is 11.3 Å².